The molecule has 2 saturated heterocycles. The summed E-state index contributed by atoms with van der Waals surface area (Å²) >= 11 is 1.06. The molecule has 0 N–H and O–H groups in total. The van der Waals surface area contributed by atoms with Crippen molar-refractivity contribution in [3.05, 3.63) is 17.3 Å². The second-order valence-corrected chi connectivity index (χ2v) is 10.2. The molecule has 2 aromatic rings. The number of ether oxygens (including phenoxy) is 1. The van der Waals surface area contributed by atoms with Crippen LogP contribution in [0.15, 0.2) is 12.4 Å². The molecule has 0 aliphatic carbocycles. The number of hydrogen-bond donors (Lipinski definition) is 0. The number of rotatable bonds is 2. The Hall–Kier alpha value is -2.10. The van der Waals surface area contributed by atoms with Crippen molar-refractivity contribution in [1.29, 1.82) is 0 Å². The number of amides is 1. The van der Waals surface area contributed by atoms with Crippen molar-refractivity contribution in [2.45, 2.75) is 45.4 Å². The summed E-state index contributed by atoms with van der Waals surface area (Å²) in [5.74, 6) is 1.38. The standard InChI is InChI=1S/C20H25F3N4O2S/c1-19(2,3)29-18(28)26-5-4-12-8-27(10-13(12)9-26)16-15-6-14(7-20(21,22)23)30-17(15)25-11-24-16/h6,11-13H,4-5,7-10H2,1-3H3/t12-,13+/m1/s1. The molecular formula is C20H25F3N4O2S. The van der Waals surface area contributed by atoms with E-state index in [4.69, 9.17) is 4.74 Å². The van der Waals surface area contributed by atoms with E-state index in [1.807, 2.05) is 20.8 Å². The van der Waals surface area contributed by atoms with Gasteiger partial charge in [0.05, 0.1) is 11.8 Å². The van der Waals surface area contributed by atoms with Crippen molar-refractivity contribution in [3.8, 4) is 0 Å². The Morgan fingerprint density at radius 1 is 1.20 bits per heavy atom. The van der Waals surface area contributed by atoms with Gasteiger partial charge in [0.1, 0.15) is 22.6 Å². The lowest BCUT2D eigenvalue weighted by atomic mass is 9.89. The number of piperidine rings is 1. The number of likely N-dealkylation sites (tertiary alicyclic amines) is 1. The second-order valence-electron chi connectivity index (χ2n) is 9.06. The fourth-order valence-electron chi connectivity index (χ4n) is 4.26. The maximum atomic E-state index is 12.8. The van der Waals surface area contributed by atoms with Gasteiger partial charge in [-0.3, -0.25) is 0 Å². The molecule has 0 saturated carbocycles. The van der Waals surface area contributed by atoms with Crippen LogP contribution in [0.4, 0.5) is 23.8 Å². The van der Waals surface area contributed by atoms with E-state index < -0.39 is 18.2 Å². The van der Waals surface area contributed by atoms with Crippen molar-refractivity contribution < 1.29 is 22.7 Å². The summed E-state index contributed by atoms with van der Waals surface area (Å²) in [4.78, 5) is 25.7. The highest BCUT2D eigenvalue weighted by Crippen LogP contribution is 2.38. The van der Waals surface area contributed by atoms with E-state index in [1.165, 1.54) is 6.33 Å². The molecule has 1 amide bonds. The summed E-state index contributed by atoms with van der Waals surface area (Å²) in [6.07, 6.45) is -3.21. The van der Waals surface area contributed by atoms with Gasteiger partial charge in [-0.05, 0) is 45.1 Å². The quantitative estimate of drug-likeness (QED) is 0.686. The molecule has 10 heteroatoms. The van der Waals surface area contributed by atoms with Crippen LogP contribution in [-0.2, 0) is 11.2 Å². The highest BCUT2D eigenvalue weighted by molar-refractivity contribution is 7.18. The second kappa shape index (κ2) is 7.55. The number of alkyl halides is 3. The number of nitrogens with zero attached hydrogens (tertiary/aromatic N) is 4. The summed E-state index contributed by atoms with van der Waals surface area (Å²) in [6.45, 7) is 8.31. The minimum absolute atomic E-state index is 0.243. The summed E-state index contributed by atoms with van der Waals surface area (Å²) < 4.78 is 43.9. The van der Waals surface area contributed by atoms with Gasteiger partial charge in [0.15, 0.2) is 0 Å². The van der Waals surface area contributed by atoms with Gasteiger partial charge < -0.3 is 14.5 Å². The molecule has 2 fully saturated rings. The van der Waals surface area contributed by atoms with Gasteiger partial charge in [-0.1, -0.05) is 0 Å². The average molecular weight is 443 g/mol. The van der Waals surface area contributed by atoms with Gasteiger partial charge in [-0.2, -0.15) is 13.2 Å². The van der Waals surface area contributed by atoms with Crippen LogP contribution >= 0.6 is 11.3 Å². The molecule has 0 radical (unpaired) electrons. The molecule has 0 unspecified atom stereocenters. The molecule has 2 aliphatic rings. The Morgan fingerprint density at radius 2 is 1.93 bits per heavy atom. The van der Waals surface area contributed by atoms with Crippen LogP contribution < -0.4 is 4.90 Å². The molecule has 0 aromatic carbocycles. The molecule has 2 aliphatic heterocycles. The molecule has 2 aromatic heterocycles. The predicted octanol–water partition coefficient (Wildman–Crippen LogP) is 4.49. The van der Waals surface area contributed by atoms with E-state index in [0.29, 0.717) is 41.6 Å². The van der Waals surface area contributed by atoms with Crippen LogP contribution in [0.2, 0.25) is 0 Å². The Morgan fingerprint density at radius 3 is 2.63 bits per heavy atom. The Kier molecular flexibility index (Phi) is 5.32. The molecule has 164 valence electrons. The SMILES string of the molecule is CC(C)(C)OC(=O)N1CC[C@@H]2CN(c3ncnc4sc(CC(F)(F)F)cc34)C[C@@H]2C1. The van der Waals surface area contributed by atoms with E-state index in [0.717, 1.165) is 24.3 Å². The number of hydrogen-bond acceptors (Lipinski definition) is 6. The number of anilines is 1. The molecule has 30 heavy (non-hydrogen) atoms. The van der Waals surface area contributed by atoms with Gasteiger partial charge in [0.25, 0.3) is 0 Å². The number of carbonyl (C=O) groups excluding carboxylic acids is 1. The van der Waals surface area contributed by atoms with Crippen molar-refractivity contribution in [2.24, 2.45) is 11.8 Å². The first-order valence-electron chi connectivity index (χ1n) is 10.0. The molecule has 2 atom stereocenters. The third-order valence-electron chi connectivity index (χ3n) is 5.49. The smallest absolute Gasteiger partial charge is 0.410 e. The van der Waals surface area contributed by atoms with Gasteiger partial charge in [-0.15, -0.1) is 11.3 Å². The molecule has 0 spiro atoms. The monoisotopic (exact) mass is 442 g/mol. The summed E-state index contributed by atoms with van der Waals surface area (Å²) in [6, 6.07) is 1.57. The van der Waals surface area contributed by atoms with Crippen LogP contribution in [0.5, 0.6) is 0 Å². The zero-order chi connectivity index (χ0) is 21.7. The van der Waals surface area contributed by atoms with Gasteiger partial charge in [-0.25, -0.2) is 14.8 Å². The molecule has 6 nitrogen and oxygen atoms in total. The highest BCUT2D eigenvalue weighted by Gasteiger charge is 2.40. The first kappa shape index (κ1) is 21.1. The van der Waals surface area contributed by atoms with Crippen molar-refractivity contribution in [1.82, 2.24) is 14.9 Å². The van der Waals surface area contributed by atoms with Crippen LogP contribution in [0.1, 0.15) is 32.1 Å². The first-order chi connectivity index (χ1) is 14.0. The van der Waals surface area contributed by atoms with E-state index >= 15 is 0 Å². The topological polar surface area (TPSA) is 58.6 Å². The van der Waals surface area contributed by atoms with Crippen LogP contribution in [0, 0.1) is 11.8 Å². The number of carbonyl (C=O) groups is 1. The summed E-state index contributed by atoms with van der Waals surface area (Å²) in [5, 5.41) is 0.671. The lowest BCUT2D eigenvalue weighted by Crippen LogP contribution is -2.45. The highest BCUT2D eigenvalue weighted by atomic mass is 32.1. The Bertz CT molecular complexity index is 940. The van der Waals surface area contributed by atoms with Crippen molar-refractivity contribution in [2.75, 3.05) is 31.1 Å². The summed E-state index contributed by atoms with van der Waals surface area (Å²) in [7, 11) is 0. The number of thiophene rings is 1. The van der Waals surface area contributed by atoms with Gasteiger partial charge >= 0.3 is 12.3 Å². The lowest BCUT2D eigenvalue weighted by molar-refractivity contribution is -0.126. The molecule has 4 heterocycles. The molecule has 0 bridgehead atoms. The molecule has 4 rings (SSSR count). The van der Waals surface area contributed by atoms with Crippen molar-refractivity contribution in [3.63, 3.8) is 0 Å². The first-order valence-corrected chi connectivity index (χ1v) is 10.8. The normalized spacial score (nSPS) is 22.5. The zero-order valence-corrected chi connectivity index (χ0v) is 18.0. The summed E-state index contributed by atoms with van der Waals surface area (Å²) in [5.41, 5.74) is -0.532. The van der Waals surface area contributed by atoms with E-state index in [9.17, 15) is 18.0 Å². The maximum absolute atomic E-state index is 12.8. The fourth-order valence-corrected chi connectivity index (χ4v) is 5.28. The fraction of sp³-hybridized carbons (Fsp3) is 0.650. The van der Waals surface area contributed by atoms with Crippen LogP contribution in [-0.4, -0.2) is 58.9 Å². The maximum Gasteiger partial charge on any atom is 0.410 e. The Balaban J connectivity index is 1.49. The van der Waals surface area contributed by atoms with Gasteiger partial charge in [0.2, 0.25) is 0 Å². The third kappa shape index (κ3) is 4.63. The average Bonchev–Trinajstić information content (AvgIpc) is 3.20. The number of fused-ring (bicyclic) bond motifs is 2. The van der Waals surface area contributed by atoms with E-state index in [-0.39, 0.29) is 16.9 Å². The van der Waals surface area contributed by atoms with E-state index in [2.05, 4.69) is 14.9 Å². The largest absolute Gasteiger partial charge is 0.444 e. The van der Waals surface area contributed by atoms with Crippen LogP contribution in [0.25, 0.3) is 10.2 Å². The minimum Gasteiger partial charge on any atom is -0.444 e. The number of halogens is 3. The third-order valence-corrected chi connectivity index (χ3v) is 6.53. The van der Waals surface area contributed by atoms with E-state index in [1.54, 1.807) is 11.0 Å². The van der Waals surface area contributed by atoms with Crippen molar-refractivity contribution >= 4 is 33.5 Å². The zero-order valence-electron chi connectivity index (χ0n) is 17.2. The Labute approximate surface area is 177 Å². The predicted molar refractivity (Wildman–Crippen MR) is 109 cm³/mol. The molecular weight excluding hydrogens is 417 g/mol. The minimum atomic E-state index is -4.25. The van der Waals surface area contributed by atoms with Gasteiger partial charge in [0, 0.05) is 31.1 Å². The van der Waals surface area contributed by atoms with Crippen LogP contribution in [0.3, 0.4) is 0 Å². The lowest BCUT2D eigenvalue weighted by Gasteiger charge is -2.35. The number of aromatic nitrogens is 2.